The first-order valence-electron chi connectivity index (χ1n) is 7.69. The summed E-state index contributed by atoms with van der Waals surface area (Å²) in [5.41, 5.74) is 6.13. The zero-order valence-electron chi connectivity index (χ0n) is 12.9. The smallest absolute Gasteiger partial charge is 0.0547 e. The average Bonchev–Trinajstić information content (AvgIpc) is 2.50. The van der Waals surface area contributed by atoms with Crippen LogP contribution in [0.5, 0.6) is 0 Å². The van der Waals surface area contributed by atoms with E-state index >= 15 is 0 Å². The SMILES string of the molecule is Cc1ccccc1-c1ccc(CN2CCNCC2)nc1C. The van der Waals surface area contributed by atoms with E-state index in [1.165, 1.54) is 22.4 Å². The number of hydrogen-bond acceptors (Lipinski definition) is 3. The summed E-state index contributed by atoms with van der Waals surface area (Å²) in [7, 11) is 0. The first-order chi connectivity index (χ1) is 10.2. The van der Waals surface area contributed by atoms with E-state index in [2.05, 4.69) is 60.5 Å². The van der Waals surface area contributed by atoms with Crippen molar-refractivity contribution in [3.05, 3.63) is 53.3 Å². The fourth-order valence-electron chi connectivity index (χ4n) is 2.96. The Labute approximate surface area is 127 Å². The van der Waals surface area contributed by atoms with E-state index in [0.717, 1.165) is 38.4 Å². The van der Waals surface area contributed by atoms with Crippen molar-refractivity contribution in [2.24, 2.45) is 0 Å². The molecule has 0 aliphatic carbocycles. The molecule has 3 heteroatoms. The number of hydrogen-bond donors (Lipinski definition) is 1. The predicted octanol–water partition coefficient (Wildman–Crippen LogP) is 2.77. The van der Waals surface area contributed by atoms with Crippen LogP contribution in [0.1, 0.15) is 17.0 Å². The monoisotopic (exact) mass is 281 g/mol. The molecule has 0 amide bonds. The number of pyridine rings is 1. The molecule has 0 spiro atoms. The first kappa shape index (κ1) is 14.2. The van der Waals surface area contributed by atoms with Crippen LogP contribution in [-0.2, 0) is 6.54 Å². The van der Waals surface area contributed by atoms with Crippen LogP contribution in [0.4, 0.5) is 0 Å². The molecule has 0 bridgehead atoms. The molecule has 1 saturated heterocycles. The molecule has 2 heterocycles. The fourth-order valence-corrected chi connectivity index (χ4v) is 2.96. The molecular formula is C18H23N3. The molecule has 0 radical (unpaired) electrons. The van der Waals surface area contributed by atoms with Gasteiger partial charge in [-0.15, -0.1) is 0 Å². The van der Waals surface area contributed by atoms with E-state index in [9.17, 15) is 0 Å². The van der Waals surface area contributed by atoms with Gasteiger partial charge in [-0.2, -0.15) is 0 Å². The summed E-state index contributed by atoms with van der Waals surface area (Å²) in [6.45, 7) is 9.62. The van der Waals surface area contributed by atoms with Gasteiger partial charge in [0.2, 0.25) is 0 Å². The van der Waals surface area contributed by atoms with E-state index in [4.69, 9.17) is 4.98 Å². The summed E-state index contributed by atoms with van der Waals surface area (Å²) in [6, 6.07) is 12.9. The van der Waals surface area contributed by atoms with Crippen molar-refractivity contribution >= 4 is 0 Å². The number of benzene rings is 1. The van der Waals surface area contributed by atoms with Crippen molar-refractivity contribution in [2.45, 2.75) is 20.4 Å². The van der Waals surface area contributed by atoms with Crippen LogP contribution in [0.3, 0.4) is 0 Å². The van der Waals surface area contributed by atoms with Crippen molar-refractivity contribution < 1.29 is 0 Å². The zero-order chi connectivity index (χ0) is 14.7. The van der Waals surface area contributed by atoms with Crippen LogP contribution in [0.15, 0.2) is 36.4 Å². The van der Waals surface area contributed by atoms with Gasteiger partial charge >= 0.3 is 0 Å². The Bertz CT molecular complexity index is 616. The molecule has 21 heavy (non-hydrogen) atoms. The van der Waals surface area contributed by atoms with E-state index in [0.29, 0.717) is 0 Å². The Kier molecular flexibility index (Phi) is 4.32. The molecule has 1 aliphatic rings. The van der Waals surface area contributed by atoms with Gasteiger partial charge in [0, 0.05) is 44.0 Å². The number of nitrogens with one attached hydrogen (secondary N) is 1. The Morgan fingerprint density at radius 1 is 1.00 bits per heavy atom. The maximum absolute atomic E-state index is 4.82. The third-order valence-electron chi connectivity index (χ3n) is 4.17. The second kappa shape index (κ2) is 6.37. The molecule has 0 unspecified atom stereocenters. The lowest BCUT2D eigenvalue weighted by Crippen LogP contribution is -2.43. The molecule has 3 rings (SSSR count). The molecule has 1 aromatic heterocycles. The summed E-state index contributed by atoms with van der Waals surface area (Å²) in [4.78, 5) is 7.29. The Hall–Kier alpha value is -1.71. The molecule has 0 saturated carbocycles. The van der Waals surface area contributed by atoms with Crippen molar-refractivity contribution in [1.29, 1.82) is 0 Å². The summed E-state index contributed by atoms with van der Waals surface area (Å²) in [5.74, 6) is 0. The van der Waals surface area contributed by atoms with Gasteiger partial charge in [-0.3, -0.25) is 9.88 Å². The lowest BCUT2D eigenvalue weighted by Gasteiger charge is -2.27. The van der Waals surface area contributed by atoms with E-state index < -0.39 is 0 Å². The summed E-state index contributed by atoms with van der Waals surface area (Å²) < 4.78 is 0. The minimum atomic E-state index is 0.955. The molecule has 1 aromatic carbocycles. The second-order valence-corrected chi connectivity index (χ2v) is 5.78. The summed E-state index contributed by atoms with van der Waals surface area (Å²) in [5, 5.41) is 3.39. The molecule has 110 valence electrons. The van der Waals surface area contributed by atoms with Crippen LogP contribution in [-0.4, -0.2) is 36.1 Å². The normalized spacial score (nSPS) is 16.1. The van der Waals surface area contributed by atoms with Gasteiger partial charge in [0.15, 0.2) is 0 Å². The van der Waals surface area contributed by atoms with Gasteiger partial charge in [-0.1, -0.05) is 30.3 Å². The summed E-state index contributed by atoms with van der Waals surface area (Å²) >= 11 is 0. The summed E-state index contributed by atoms with van der Waals surface area (Å²) in [6.07, 6.45) is 0. The van der Waals surface area contributed by atoms with Gasteiger partial charge < -0.3 is 5.32 Å². The predicted molar refractivity (Wildman–Crippen MR) is 87.3 cm³/mol. The number of piperazine rings is 1. The largest absolute Gasteiger partial charge is 0.314 e. The highest BCUT2D eigenvalue weighted by Gasteiger charge is 2.12. The van der Waals surface area contributed by atoms with Crippen LogP contribution >= 0.6 is 0 Å². The average molecular weight is 281 g/mol. The minimum Gasteiger partial charge on any atom is -0.314 e. The molecule has 0 atom stereocenters. The maximum Gasteiger partial charge on any atom is 0.0547 e. The van der Waals surface area contributed by atoms with Gasteiger partial charge in [-0.05, 0) is 31.0 Å². The Morgan fingerprint density at radius 3 is 2.48 bits per heavy atom. The van der Waals surface area contributed by atoms with E-state index in [-0.39, 0.29) is 0 Å². The van der Waals surface area contributed by atoms with Gasteiger partial charge in [-0.25, -0.2) is 0 Å². The second-order valence-electron chi connectivity index (χ2n) is 5.78. The number of aromatic nitrogens is 1. The van der Waals surface area contributed by atoms with Crippen LogP contribution in [0.2, 0.25) is 0 Å². The highest BCUT2D eigenvalue weighted by molar-refractivity contribution is 5.69. The fraction of sp³-hybridized carbons (Fsp3) is 0.389. The van der Waals surface area contributed by atoms with Crippen molar-refractivity contribution in [2.75, 3.05) is 26.2 Å². The Morgan fingerprint density at radius 2 is 1.76 bits per heavy atom. The van der Waals surface area contributed by atoms with Crippen molar-refractivity contribution in [3.63, 3.8) is 0 Å². The lowest BCUT2D eigenvalue weighted by atomic mass is 9.99. The first-order valence-corrected chi connectivity index (χ1v) is 7.69. The molecule has 1 N–H and O–H groups in total. The Balaban J connectivity index is 1.81. The van der Waals surface area contributed by atoms with Crippen LogP contribution in [0.25, 0.3) is 11.1 Å². The third-order valence-corrected chi connectivity index (χ3v) is 4.17. The number of nitrogens with zero attached hydrogens (tertiary/aromatic N) is 2. The molecule has 3 nitrogen and oxygen atoms in total. The molecular weight excluding hydrogens is 258 g/mol. The highest BCUT2D eigenvalue weighted by Crippen LogP contribution is 2.25. The maximum atomic E-state index is 4.82. The van der Waals surface area contributed by atoms with Crippen molar-refractivity contribution in [1.82, 2.24) is 15.2 Å². The quantitative estimate of drug-likeness (QED) is 0.937. The molecule has 2 aromatic rings. The van der Waals surface area contributed by atoms with Gasteiger partial charge in [0.1, 0.15) is 0 Å². The third kappa shape index (κ3) is 3.31. The van der Waals surface area contributed by atoms with Gasteiger partial charge in [0.25, 0.3) is 0 Å². The van der Waals surface area contributed by atoms with Crippen LogP contribution in [0, 0.1) is 13.8 Å². The van der Waals surface area contributed by atoms with Gasteiger partial charge in [0.05, 0.1) is 5.69 Å². The lowest BCUT2D eigenvalue weighted by molar-refractivity contribution is 0.230. The molecule has 1 aliphatic heterocycles. The van der Waals surface area contributed by atoms with E-state index in [1.54, 1.807) is 0 Å². The zero-order valence-corrected chi connectivity index (χ0v) is 12.9. The van der Waals surface area contributed by atoms with Crippen LogP contribution < -0.4 is 5.32 Å². The number of aryl methyl sites for hydroxylation is 2. The minimum absolute atomic E-state index is 0.955. The standard InChI is InChI=1S/C18H23N3/c1-14-5-3-4-6-17(14)18-8-7-16(20-15(18)2)13-21-11-9-19-10-12-21/h3-8,19H,9-13H2,1-2H3. The molecule has 1 fully saturated rings. The van der Waals surface area contributed by atoms with Crippen molar-refractivity contribution in [3.8, 4) is 11.1 Å². The number of rotatable bonds is 3. The van der Waals surface area contributed by atoms with E-state index in [1.807, 2.05) is 0 Å². The topological polar surface area (TPSA) is 28.2 Å². The highest BCUT2D eigenvalue weighted by atomic mass is 15.2.